The molecule has 0 saturated heterocycles. The Kier molecular flexibility index (Phi) is 8.47. The summed E-state index contributed by atoms with van der Waals surface area (Å²) >= 11 is 0. The first-order valence-electron chi connectivity index (χ1n) is 6.52. The van der Waals surface area contributed by atoms with E-state index >= 15 is 0 Å². The van der Waals surface area contributed by atoms with Crippen LogP contribution in [0.2, 0.25) is 0 Å². The van der Waals surface area contributed by atoms with Gasteiger partial charge in [0.15, 0.2) is 0 Å². The number of hydrogen-bond acceptors (Lipinski definition) is 7. The van der Waals surface area contributed by atoms with Gasteiger partial charge in [0.1, 0.15) is 0 Å². The zero-order valence-corrected chi connectivity index (χ0v) is 12.8. The van der Waals surface area contributed by atoms with Crippen molar-refractivity contribution in [3.05, 3.63) is 0 Å². The first kappa shape index (κ1) is 19.2. The molecule has 0 radical (unpaired) electrons. The molecule has 10 heteroatoms. The fraction of sp³-hybridized carbons (Fsp3) is 0.727. The Labute approximate surface area is 124 Å². The molecule has 6 N–H and O–H groups in total. The second-order valence-electron chi connectivity index (χ2n) is 4.60. The Morgan fingerprint density at radius 3 is 1.62 bits per heavy atom. The van der Waals surface area contributed by atoms with E-state index in [0.717, 1.165) is 15.1 Å². The minimum absolute atomic E-state index is 0.218. The standard InChI is InChI=1S/C11H25N7O3/c1-9(19)16(12)6-4-5-15(18(14)11(3)21)7-8-17(13)10(2)20/h4-8,12-14H2,1-3H3. The fourth-order valence-corrected chi connectivity index (χ4v) is 1.49. The third kappa shape index (κ3) is 7.56. The summed E-state index contributed by atoms with van der Waals surface area (Å²) in [6, 6.07) is 0. The number of carbonyl (C=O) groups excluding carboxylic acids is 3. The molecular weight excluding hydrogens is 278 g/mol. The number of amides is 3. The highest BCUT2D eigenvalue weighted by Gasteiger charge is 2.16. The van der Waals surface area contributed by atoms with E-state index in [4.69, 9.17) is 17.5 Å². The molecule has 0 heterocycles. The number of carbonyl (C=O) groups is 3. The molecule has 10 nitrogen and oxygen atoms in total. The summed E-state index contributed by atoms with van der Waals surface area (Å²) < 4.78 is 0. The molecular formula is C11H25N7O3. The second-order valence-corrected chi connectivity index (χ2v) is 4.60. The highest BCUT2D eigenvalue weighted by Crippen LogP contribution is 1.98. The molecule has 0 fully saturated rings. The van der Waals surface area contributed by atoms with Crippen molar-refractivity contribution in [2.24, 2.45) is 17.5 Å². The molecule has 0 bridgehead atoms. The third-order valence-corrected chi connectivity index (χ3v) is 2.85. The van der Waals surface area contributed by atoms with Crippen LogP contribution in [-0.2, 0) is 14.4 Å². The Morgan fingerprint density at radius 2 is 1.19 bits per heavy atom. The van der Waals surface area contributed by atoms with E-state index in [-0.39, 0.29) is 30.8 Å². The lowest BCUT2D eigenvalue weighted by molar-refractivity contribution is -0.149. The first-order chi connectivity index (χ1) is 9.66. The van der Waals surface area contributed by atoms with Crippen molar-refractivity contribution in [1.82, 2.24) is 20.1 Å². The van der Waals surface area contributed by atoms with Crippen molar-refractivity contribution in [1.29, 1.82) is 0 Å². The van der Waals surface area contributed by atoms with Crippen LogP contribution in [0.3, 0.4) is 0 Å². The molecule has 122 valence electrons. The number of rotatable bonds is 8. The molecule has 0 aromatic rings. The topological polar surface area (TPSA) is 142 Å². The van der Waals surface area contributed by atoms with Gasteiger partial charge < -0.3 is 0 Å². The zero-order chi connectivity index (χ0) is 16.6. The van der Waals surface area contributed by atoms with Gasteiger partial charge in [0, 0.05) is 40.4 Å². The minimum Gasteiger partial charge on any atom is -0.281 e. The first-order valence-corrected chi connectivity index (χ1v) is 6.52. The highest BCUT2D eigenvalue weighted by atomic mass is 16.2. The summed E-state index contributed by atoms with van der Waals surface area (Å²) in [6.45, 7) is 5.25. The molecule has 0 aromatic heterocycles. The van der Waals surface area contributed by atoms with Gasteiger partial charge in [-0.2, -0.15) is 0 Å². The van der Waals surface area contributed by atoms with Crippen LogP contribution in [0.1, 0.15) is 27.2 Å². The molecule has 0 aliphatic rings. The highest BCUT2D eigenvalue weighted by molar-refractivity contribution is 5.73. The van der Waals surface area contributed by atoms with Gasteiger partial charge in [0.25, 0.3) is 0 Å². The van der Waals surface area contributed by atoms with Crippen molar-refractivity contribution >= 4 is 17.7 Å². The van der Waals surface area contributed by atoms with Crippen LogP contribution in [0.25, 0.3) is 0 Å². The monoisotopic (exact) mass is 303 g/mol. The number of nitrogens with two attached hydrogens (primary N) is 3. The Morgan fingerprint density at radius 1 is 0.714 bits per heavy atom. The van der Waals surface area contributed by atoms with E-state index < -0.39 is 0 Å². The van der Waals surface area contributed by atoms with Gasteiger partial charge in [-0.3, -0.25) is 24.4 Å². The van der Waals surface area contributed by atoms with E-state index in [2.05, 4.69) is 0 Å². The number of hydrazine groups is 4. The maximum atomic E-state index is 11.3. The van der Waals surface area contributed by atoms with E-state index in [1.807, 2.05) is 0 Å². The maximum Gasteiger partial charge on any atom is 0.248 e. The van der Waals surface area contributed by atoms with E-state index in [1.165, 1.54) is 20.8 Å². The Balaban J connectivity index is 4.43. The van der Waals surface area contributed by atoms with Gasteiger partial charge in [-0.15, -0.1) is 0 Å². The van der Waals surface area contributed by atoms with Gasteiger partial charge in [0.2, 0.25) is 17.7 Å². The summed E-state index contributed by atoms with van der Waals surface area (Å²) in [6.07, 6.45) is 0.516. The lowest BCUT2D eigenvalue weighted by Gasteiger charge is -2.31. The van der Waals surface area contributed by atoms with Crippen molar-refractivity contribution < 1.29 is 14.4 Å². The van der Waals surface area contributed by atoms with Gasteiger partial charge in [-0.05, 0) is 6.42 Å². The van der Waals surface area contributed by atoms with Crippen LogP contribution in [-0.4, -0.2) is 64.0 Å². The summed E-state index contributed by atoms with van der Waals surface area (Å²) in [5.41, 5.74) is 0. The Hall–Kier alpha value is -1.75. The summed E-state index contributed by atoms with van der Waals surface area (Å²) in [7, 11) is 0. The van der Waals surface area contributed by atoms with Crippen LogP contribution in [0.5, 0.6) is 0 Å². The van der Waals surface area contributed by atoms with E-state index in [9.17, 15) is 14.4 Å². The Bertz CT molecular complexity index is 377. The van der Waals surface area contributed by atoms with Crippen LogP contribution in [0.15, 0.2) is 0 Å². The van der Waals surface area contributed by atoms with Crippen LogP contribution in [0, 0.1) is 0 Å². The SMILES string of the molecule is CC(=O)N(N)CCCN(CCN(N)C(C)=O)N(N)C(C)=O. The van der Waals surface area contributed by atoms with Gasteiger partial charge in [-0.1, -0.05) is 0 Å². The van der Waals surface area contributed by atoms with Crippen LogP contribution in [0.4, 0.5) is 0 Å². The average molecular weight is 303 g/mol. The van der Waals surface area contributed by atoms with Crippen molar-refractivity contribution in [3.63, 3.8) is 0 Å². The minimum atomic E-state index is -0.349. The number of hydrogen-bond donors (Lipinski definition) is 3. The lowest BCUT2D eigenvalue weighted by atomic mass is 10.4. The quantitative estimate of drug-likeness (QED) is 0.261. The van der Waals surface area contributed by atoms with E-state index in [1.54, 1.807) is 5.01 Å². The van der Waals surface area contributed by atoms with Gasteiger partial charge in [-0.25, -0.2) is 27.7 Å². The molecule has 21 heavy (non-hydrogen) atoms. The predicted molar refractivity (Wildman–Crippen MR) is 76.0 cm³/mol. The molecule has 3 amide bonds. The largest absolute Gasteiger partial charge is 0.281 e. The predicted octanol–water partition coefficient (Wildman–Crippen LogP) is -2.24. The summed E-state index contributed by atoms with van der Waals surface area (Å²) in [5, 5.41) is 4.62. The van der Waals surface area contributed by atoms with Gasteiger partial charge in [0.05, 0.1) is 6.54 Å². The van der Waals surface area contributed by atoms with Crippen LogP contribution >= 0.6 is 0 Å². The summed E-state index contributed by atoms with van der Waals surface area (Å²) in [4.78, 5) is 33.4. The zero-order valence-electron chi connectivity index (χ0n) is 12.8. The van der Waals surface area contributed by atoms with Crippen molar-refractivity contribution in [3.8, 4) is 0 Å². The molecule has 0 atom stereocenters. The van der Waals surface area contributed by atoms with Gasteiger partial charge >= 0.3 is 0 Å². The lowest BCUT2D eigenvalue weighted by Crippen LogP contribution is -2.54. The maximum absolute atomic E-state index is 11.3. The molecule has 0 saturated carbocycles. The summed E-state index contributed by atoms with van der Waals surface area (Å²) in [5.74, 6) is 15.7. The molecule has 0 aromatic carbocycles. The molecule has 0 aliphatic carbocycles. The number of nitrogens with zero attached hydrogens (tertiary/aromatic N) is 4. The fourth-order valence-electron chi connectivity index (χ4n) is 1.49. The molecule has 0 rings (SSSR count). The normalized spacial score (nSPS) is 10.4. The van der Waals surface area contributed by atoms with Crippen LogP contribution < -0.4 is 17.5 Å². The van der Waals surface area contributed by atoms with E-state index in [0.29, 0.717) is 19.5 Å². The smallest absolute Gasteiger partial charge is 0.248 e. The molecule has 0 spiro atoms. The molecule has 0 unspecified atom stereocenters. The second kappa shape index (κ2) is 9.23. The third-order valence-electron chi connectivity index (χ3n) is 2.85. The van der Waals surface area contributed by atoms with Crippen molar-refractivity contribution in [2.75, 3.05) is 26.2 Å². The average Bonchev–Trinajstić information content (AvgIpc) is 2.40. The van der Waals surface area contributed by atoms with Crippen molar-refractivity contribution in [2.45, 2.75) is 27.2 Å². The molecule has 0 aliphatic heterocycles.